The first kappa shape index (κ1) is 25.8. The Labute approximate surface area is 187 Å². The van der Waals surface area contributed by atoms with Crippen LogP contribution in [-0.2, 0) is 4.43 Å². The van der Waals surface area contributed by atoms with E-state index in [4.69, 9.17) is 4.43 Å². The summed E-state index contributed by atoms with van der Waals surface area (Å²) in [5.41, 5.74) is 1.85. The molecule has 2 N–H and O–H groups in total. The van der Waals surface area contributed by atoms with Gasteiger partial charge in [-0.1, -0.05) is 59.6 Å². The minimum absolute atomic E-state index is 0.0126. The van der Waals surface area contributed by atoms with Crippen LogP contribution in [-0.4, -0.2) is 36.3 Å². The zero-order valence-corrected chi connectivity index (χ0v) is 22.4. The van der Waals surface area contributed by atoms with Gasteiger partial charge < -0.3 is 14.6 Å². The summed E-state index contributed by atoms with van der Waals surface area (Å²) < 4.78 is 6.81. The van der Waals surface area contributed by atoms with Crippen molar-refractivity contribution < 1.29 is 14.6 Å². The molecule has 0 amide bonds. The van der Waals surface area contributed by atoms with Gasteiger partial charge >= 0.3 is 0 Å². The van der Waals surface area contributed by atoms with Gasteiger partial charge in [0.2, 0.25) is 0 Å². The monoisotopic (exact) mass is 436 g/mol. The molecule has 30 heavy (non-hydrogen) atoms. The van der Waals surface area contributed by atoms with Gasteiger partial charge in [-0.05, 0) is 74.1 Å². The van der Waals surface area contributed by atoms with Crippen LogP contribution in [0.4, 0.5) is 0 Å². The molecular weight excluding hydrogens is 388 g/mol. The van der Waals surface area contributed by atoms with E-state index in [9.17, 15) is 10.2 Å². The summed E-state index contributed by atoms with van der Waals surface area (Å²) in [6, 6.07) is 0. The fourth-order valence-corrected chi connectivity index (χ4v) is 7.77. The summed E-state index contributed by atoms with van der Waals surface area (Å²) in [5.74, 6) is 0.0729. The third-order valence-electron chi connectivity index (χ3n) is 8.92. The highest BCUT2D eigenvalue weighted by molar-refractivity contribution is 6.74. The van der Waals surface area contributed by atoms with Gasteiger partial charge in [-0.25, -0.2) is 0 Å². The first-order valence-corrected chi connectivity index (χ1v) is 14.7. The van der Waals surface area contributed by atoms with E-state index in [1.165, 1.54) is 12.0 Å². The molecule has 4 heteroatoms. The maximum Gasteiger partial charge on any atom is 0.193 e. The maximum atomic E-state index is 11.1. The Hall–Kier alpha value is -0.423. The number of hydrogen-bond donors (Lipinski definition) is 2. The van der Waals surface area contributed by atoms with Crippen LogP contribution in [0.3, 0.4) is 0 Å². The summed E-state index contributed by atoms with van der Waals surface area (Å²) in [7, 11) is -1.94. The van der Waals surface area contributed by atoms with Crippen molar-refractivity contribution in [3.8, 4) is 0 Å². The van der Waals surface area contributed by atoms with E-state index in [1.54, 1.807) is 0 Å². The second kappa shape index (κ2) is 8.17. The first-order valence-electron chi connectivity index (χ1n) is 11.8. The van der Waals surface area contributed by atoms with Gasteiger partial charge in [-0.15, -0.1) is 6.58 Å². The number of allylic oxidation sites excluding steroid dienone is 1. The quantitative estimate of drug-likeness (QED) is 0.363. The molecule has 0 aliphatic heterocycles. The van der Waals surface area contributed by atoms with Crippen molar-refractivity contribution in [3.63, 3.8) is 0 Å². The van der Waals surface area contributed by atoms with Crippen molar-refractivity contribution in [3.05, 3.63) is 23.8 Å². The van der Waals surface area contributed by atoms with E-state index < -0.39 is 26.1 Å². The highest BCUT2D eigenvalue weighted by atomic mass is 28.4. The molecule has 2 aliphatic rings. The Kier molecular flexibility index (Phi) is 7.04. The van der Waals surface area contributed by atoms with E-state index in [0.29, 0.717) is 0 Å². The summed E-state index contributed by atoms with van der Waals surface area (Å²) in [6.45, 7) is 26.5. The van der Waals surface area contributed by atoms with Crippen molar-refractivity contribution in [2.45, 2.75) is 123 Å². The molecule has 1 saturated carbocycles. The lowest BCUT2D eigenvalue weighted by Crippen LogP contribution is -2.56. The Balaban J connectivity index is 2.36. The van der Waals surface area contributed by atoms with Gasteiger partial charge in [-0.3, -0.25) is 0 Å². The molecule has 0 heterocycles. The third kappa shape index (κ3) is 4.53. The molecule has 0 aromatic rings. The highest BCUT2D eigenvalue weighted by Crippen LogP contribution is 2.60. The summed E-state index contributed by atoms with van der Waals surface area (Å²) in [5, 5.41) is 22.1. The molecule has 0 saturated heterocycles. The van der Waals surface area contributed by atoms with Gasteiger partial charge in [-0.2, -0.15) is 0 Å². The van der Waals surface area contributed by atoms with Crippen molar-refractivity contribution in [2.24, 2.45) is 16.7 Å². The molecule has 3 nitrogen and oxygen atoms in total. The Morgan fingerprint density at radius 1 is 1.13 bits per heavy atom. The average molecular weight is 437 g/mol. The van der Waals surface area contributed by atoms with Gasteiger partial charge in [0.15, 0.2) is 8.32 Å². The van der Waals surface area contributed by atoms with Crippen LogP contribution in [0, 0.1) is 16.7 Å². The van der Waals surface area contributed by atoms with E-state index in [2.05, 4.69) is 68.1 Å². The number of aliphatic hydroxyl groups excluding tert-OH is 2. The van der Waals surface area contributed by atoms with Crippen LogP contribution < -0.4 is 0 Å². The largest absolute Gasteiger partial charge is 0.408 e. The predicted octanol–water partition coefficient (Wildman–Crippen LogP) is 6.62. The number of fused-ring (bicyclic) bond motifs is 1. The lowest BCUT2D eigenvalue weighted by atomic mass is 9.48. The standard InChI is InChI=1S/C26H48O3Si/c1-12-25(8,29-30(10,11)23(3,4)5)17-14-19-18(2)20(27)21(28)22-24(6,7)15-13-16-26(19,22)9/h12,20-22,27-28H,1,13-17H2,2-11H3/t20-,21-,22?,25-,26-/m1/s1. The Bertz CT molecular complexity index is 687. The number of hydrogen-bond acceptors (Lipinski definition) is 3. The van der Waals surface area contributed by atoms with Gasteiger partial charge in [0, 0.05) is 5.92 Å². The van der Waals surface area contributed by atoms with Crippen molar-refractivity contribution in [1.82, 2.24) is 0 Å². The fourth-order valence-electron chi connectivity index (χ4n) is 6.12. The van der Waals surface area contributed by atoms with Gasteiger partial charge in [0.1, 0.15) is 6.10 Å². The molecule has 0 spiro atoms. The molecule has 1 unspecified atom stereocenters. The average Bonchev–Trinajstić information content (AvgIpc) is 2.57. The van der Waals surface area contributed by atoms with E-state index >= 15 is 0 Å². The Morgan fingerprint density at radius 2 is 1.70 bits per heavy atom. The summed E-state index contributed by atoms with van der Waals surface area (Å²) in [4.78, 5) is 0. The zero-order valence-electron chi connectivity index (χ0n) is 21.4. The Morgan fingerprint density at radius 3 is 2.20 bits per heavy atom. The second-order valence-corrected chi connectivity index (χ2v) is 17.4. The van der Waals surface area contributed by atoms with E-state index in [0.717, 1.165) is 31.3 Å². The molecule has 0 radical (unpaired) electrons. The maximum absolute atomic E-state index is 11.1. The number of aliphatic hydroxyl groups is 2. The molecule has 2 aliphatic carbocycles. The SMILES string of the molecule is C=C[C@](C)(CCC1=C(C)[C@@H](O)[C@@H](O)C2C(C)(C)CCC[C@]12C)O[Si](C)(C)C(C)(C)C. The normalized spacial score (nSPS) is 34.3. The minimum Gasteiger partial charge on any atom is -0.408 e. The lowest BCUT2D eigenvalue weighted by Gasteiger charge is -2.58. The molecular formula is C26H48O3Si. The fraction of sp³-hybridized carbons (Fsp3) is 0.846. The summed E-state index contributed by atoms with van der Waals surface area (Å²) in [6.07, 6.45) is 5.57. The molecule has 0 bridgehead atoms. The van der Waals surface area contributed by atoms with Crippen molar-refractivity contribution >= 4 is 8.32 Å². The van der Waals surface area contributed by atoms with Crippen LogP contribution in [0.25, 0.3) is 0 Å². The van der Waals surface area contributed by atoms with Crippen LogP contribution in [0.5, 0.6) is 0 Å². The molecule has 0 aromatic heterocycles. The van der Waals surface area contributed by atoms with Crippen molar-refractivity contribution in [1.29, 1.82) is 0 Å². The molecule has 1 fully saturated rings. The third-order valence-corrected chi connectivity index (χ3v) is 13.5. The lowest BCUT2D eigenvalue weighted by molar-refractivity contribution is -0.117. The predicted molar refractivity (Wildman–Crippen MR) is 130 cm³/mol. The van der Waals surface area contributed by atoms with E-state index in [1.807, 2.05) is 13.0 Å². The summed E-state index contributed by atoms with van der Waals surface area (Å²) >= 11 is 0. The van der Waals surface area contributed by atoms with Crippen LogP contribution in [0.1, 0.15) is 87.5 Å². The molecule has 2 rings (SSSR count). The second-order valence-electron chi connectivity index (χ2n) is 12.7. The van der Waals surface area contributed by atoms with Crippen molar-refractivity contribution in [2.75, 3.05) is 0 Å². The topological polar surface area (TPSA) is 49.7 Å². The minimum atomic E-state index is -1.94. The molecule has 174 valence electrons. The highest BCUT2D eigenvalue weighted by Gasteiger charge is 2.56. The first-order chi connectivity index (χ1) is 13.4. The molecule has 5 atom stereocenters. The van der Waals surface area contributed by atoms with Gasteiger partial charge in [0.05, 0.1) is 11.7 Å². The smallest absolute Gasteiger partial charge is 0.193 e. The number of rotatable bonds is 6. The molecule has 0 aromatic carbocycles. The van der Waals surface area contributed by atoms with E-state index in [-0.39, 0.29) is 21.8 Å². The van der Waals surface area contributed by atoms with Crippen LogP contribution >= 0.6 is 0 Å². The zero-order chi connectivity index (χ0) is 23.3. The van der Waals surface area contributed by atoms with Crippen LogP contribution in [0.15, 0.2) is 23.8 Å². The van der Waals surface area contributed by atoms with Gasteiger partial charge in [0.25, 0.3) is 0 Å². The van der Waals surface area contributed by atoms with Crippen LogP contribution in [0.2, 0.25) is 18.1 Å².